The number of carbonyl (C=O) groups excluding carboxylic acids is 1. The van der Waals surface area contributed by atoms with Gasteiger partial charge in [-0.1, -0.05) is 13.3 Å². The van der Waals surface area contributed by atoms with Crippen molar-refractivity contribution >= 4 is 6.03 Å². The lowest BCUT2D eigenvalue weighted by Crippen LogP contribution is -2.48. The van der Waals surface area contributed by atoms with Gasteiger partial charge in [-0.25, -0.2) is 4.79 Å². The fourth-order valence-corrected chi connectivity index (χ4v) is 2.45. The molecule has 0 aromatic carbocycles. The van der Waals surface area contributed by atoms with Gasteiger partial charge in [-0.2, -0.15) is 0 Å². The number of carbonyl (C=O) groups is 1. The lowest BCUT2D eigenvalue weighted by atomic mass is 10.0. The van der Waals surface area contributed by atoms with E-state index in [0.29, 0.717) is 19.0 Å². The number of hydrogen-bond donors (Lipinski definition) is 2. The average molecular weight is 285 g/mol. The van der Waals surface area contributed by atoms with Gasteiger partial charge in [0.1, 0.15) is 0 Å². The van der Waals surface area contributed by atoms with Crippen molar-refractivity contribution in [2.75, 3.05) is 33.2 Å². The highest BCUT2D eigenvalue weighted by Gasteiger charge is 2.21. The fourth-order valence-electron chi connectivity index (χ4n) is 2.45. The van der Waals surface area contributed by atoms with E-state index in [1.165, 1.54) is 19.4 Å². The minimum Gasteiger partial charge on any atom is -0.393 e. The molecule has 0 aromatic rings. The third-order valence-electron chi connectivity index (χ3n) is 3.97. The van der Waals surface area contributed by atoms with Gasteiger partial charge in [-0.05, 0) is 39.2 Å². The number of nitrogens with zero attached hydrogens (tertiary/aromatic N) is 2. The summed E-state index contributed by atoms with van der Waals surface area (Å²) in [6, 6.07) is 0.284. The molecule has 5 heteroatoms. The Morgan fingerprint density at radius 2 is 2.10 bits per heavy atom. The number of nitrogens with one attached hydrogen (secondary N) is 1. The quantitative estimate of drug-likeness (QED) is 0.748. The molecule has 20 heavy (non-hydrogen) atoms. The van der Waals surface area contributed by atoms with Crippen molar-refractivity contribution in [1.82, 2.24) is 15.1 Å². The van der Waals surface area contributed by atoms with Crippen LogP contribution in [0, 0.1) is 0 Å². The smallest absolute Gasteiger partial charge is 0.317 e. The van der Waals surface area contributed by atoms with Crippen LogP contribution in [0.2, 0.25) is 0 Å². The molecule has 0 aliphatic carbocycles. The number of aliphatic hydroxyl groups is 1. The van der Waals surface area contributed by atoms with Crippen LogP contribution in [0.15, 0.2) is 0 Å². The summed E-state index contributed by atoms with van der Waals surface area (Å²) < 4.78 is 0. The first-order valence-electron chi connectivity index (χ1n) is 7.95. The molecule has 0 aromatic heterocycles. The molecule has 2 N–H and O–H groups in total. The van der Waals surface area contributed by atoms with E-state index < -0.39 is 0 Å². The monoisotopic (exact) mass is 285 g/mol. The van der Waals surface area contributed by atoms with E-state index >= 15 is 0 Å². The Hall–Kier alpha value is -0.810. The Balaban J connectivity index is 2.20. The van der Waals surface area contributed by atoms with Crippen molar-refractivity contribution in [3.63, 3.8) is 0 Å². The average Bonchev–Trinajstić information content (AvgIpc) is 2.43. The molecule has 0 saturated carbocycles. The molecular weight excluding hydrogens is 254 g/mol. The van der Waals surface area contributed by atoms with Gasteiger partial charge in [0.2, 0.25) is 0 Å². The van der Waals surface area contributed by atoms with Crippen LogP contribution in [0.3, 0.4) is 0 Å². The summed E-state index contributed by atoms with van der Waals surface area (Å²) in [5.74, 6) is 0. The molecular formula is C15H31N3O2. The number of urea groups is 1. The maximum Gasteiger partial charge on any atom is 0.317 e. The zero-order chi connectivity index (χ0) is 15.0. The van der Waals surface area contributed by atoms with Crippen LogP contribution in [0.5, 0.6) is 0 Å². The van der Waals surface area contributed by atoms with Crippen LogP contribution in [-0.4, -0.2) is 66.3 Å². The summed E-state index contributed by atoms with van der Waals surface area (Å²) in [5.41, 5.74) is 0. The predicted octanol–water partition coefficient (Wildman–Crippen LogP) is 1.66. The molecule has 118 valence electrons. The maximum absolute atomic E-state index is 12.0. The second-order valence-electron chi connectivity index (χ2n) is 5.98. The van der Waals surface area contributed by atoms with E-state index in [4.69, 9.17) is 0 Å². The van der Waals surface area contributed by atoms with Gasteiger partial charge in [0.15, 0.2) is 0 Å². The first-order chi connectivity index (χ1) is 9.52. The van der Waals surface area contributed by atoms with Gasteiger partial charge in [0.25, 0.3) is 0 Å². The van der Waals surface area contributed by atoms with Gasteiger partial charge >= 0.3 is 6.03 Å². The normalized spacial score (nSPS) is 18.8. The minimum absolute atomic E-state index is 0.0161. The van der Waals surface area contributed by atoms with Crippen LogP contribution < -0.4 is 5.32 Å². The van der Waals surface area contributed by atoms with E-state index in [-0.39, 0.29) is 12.1 Å². The summed E-state index contributed by atoms with van der Waals surface area (Å²) in [7, 11) is 1.79. The van der Waals surface area contributed by atoms with Crippen molar-refractivity contribution in [3.8, 4) is 0 Å². The van der Waals surface area contributed by atoms with E-state index in [1.54, 1.807) is 18.9 Å². The first kappa shape index (κ1) is 17.2. The van der Waals surface area contributed by atoms with Gasteiger partial charge in [0, 0.05) is 32.7 Å². The van der Waals surface area contributed by atoms with Gasteiger partial charge in [-0.15, -0.1) is 0 Å². The molecule has 1 atom stereocenters. The topological polar surface area (TPSA) is 55.8 Å². The van der Waals surface area contributed by atoms with Crippen LogP contribution in [0.25, 0.3) is 0 Å². The maximum atomic E-state index is 12.0. The lowest BCUT2D eigenvalue weighted by molar-refractivity contribution is 0.156. The molecule has 1 unspecified atom stereocenters. The Kier molecular flexibility index (Phi) is 7.92. The molecule has 0 radical (unpaired) electrons. The second kappa shape index (κ2) is 9.19. The van der Waals surface area contributed by atoms with Crippen LogP contribution in [0.4, 0.5) is 4.79 Å². The third-order valence-corrected chi connectivity index (χ3v) is 3.97. The molecule has 5 nitrogen and oxygen atoms in total. The van der Waals surface area contributed by atoms with Crippen LogP contribution >= 0.6 is 0 Å². The molecule has 1 aliphatic heterocycles. The number of unbranched alkanes of at least 4 members (excludes halogenated alkanes) is 1. The molecule has 1 fully saturated rings. The third kappa shape index (κ3) is 6.57. The number of piperidine rings is 1. The molecule has 0 spiro atoms. The Morgan fingerprint density at radius 3 is 2.65 bits per heavy atom. The lowest BCUT2D eigenvalue weighted by Gasteiger charge is -2.33. The molecule has 2 amide bonds. The summed E-state index contributed by atoms with van der Waals surface area (Å²) in [6.07, 6.45) is 4.86. The van der Waals surface area contributed by atoms with E-state index in [1.807, 2.05) is 0 Å². The zero-order valence-electron chi connectivity index (χ0n) is 13.3. The van der Waals surface area contributed by atoms with Crippen LogP contribution in [-0.2, 0) is 0 Å². The largest absolute Gasteiger partial charge is 0.393 e. The van der Waals surface area contributed by atoms with Crippen molar-refractivity contribution in [2.45, 2.75) is 58.1 Å². The number of likely N-dealkylation sites (tertiary alicyclic amines) is 1. The highest BCUT2D eigenvalue weighted by Crippen LogP contribution is 2.11. The fraction of sp³-hybridized carbons (Fsp3) is 0.933. The van der Waals surface area contributed by atoms with Gasteiger partial charge in [-0.3, -0.25) is 0 Å². The Morgan fingerprint density at radius 1 is 1.45 bits per heavy atom. The first-order valence-corrected chi connectivity index (χ1v) is 7.95. The molecule has 1 aliphatic rings. The van der Waals surface area contributed by atoms with Crippen molar-refractivity contribution < 1.29 is 9.90 Å². The number of amides is 2. The Bertz CT molecular complexity index is 276. The van der Waals surface area contributed by atoms with E-state index in [0.717, 1.165) is 25.9 Å². The SMILES string of the molecule is CCCCN1CCC(NC(=O)N(C)CCC(C)O)CC1. The second-order valence-corrected chi connectivity index (χ2v) is 5.98. The van der Waals surface area contributed by atoms with Crippen molar-refractivity contribution in [2.24, 2.45) is 0 Å². The highest BCUT2D eigenvalue weighted by molar-refractivity contribution is 5.74. The van der Waals surface area contributed by atoms with Gasteiger partial charge < -0.3 is 20.2 Å². The number of hydrogen-bond acceptors (Lipinski definition) is 3. The summed E-state index contributed by atoms with van der Waals surface area (Å²) in [5, 5.41) is 12.3. The molecule has 0 bridgehead atoms. The summed E-state index contributed by atoms with van der Waals surface area (Å²) in [6.45, 7) is 7.92. The highest BCUT2D eigenvalue weighted by atomic mass is 16.3. The molecule has 1 heterocycles. The predicted molar refractivity (Wildman–Crippen MR) is 81.8 cm³/mol. The van der Waals surface area contributed by atoms with Crippen LogP contribution in [0.1, 0.15) is 46.0 Å². The van der Waals surface area contributed by atoms with E-state index in [2.05, 4.69) is 17.1 Å². The van der Waals surface area contributed by atoms with Crippen molar-refractivity contribution in [1.29, 1.82) is 0 Å². The number of aliphatic hydroxyl groups excluding tert-OH is 1. The number of rotatable bonds is 7. The van der Waals surface area contributed by atoms with Gasteiger partial charge in [0.05, 0.1) is 6.10 Å². The Labute approximate surface area is 123 Å². The summed E-state index contributed by atoms with van der Waals surface area (Å²) >= 11 is 0. The molecule has 1 saturated heterocycles. The zero-order valence-corrected chi connectivity index (χ0v) is 13.3. The molecule has 1 rings (SSSR count). The van der Waals surface area contributed by atoms with Crippen molar-refractivity contribution in [3.05, 3.63) is 0 Å². The standard InChI is InChI=1S/C15H31N3O2/c1-4-5-9-18-11-7-14(8-12-18)16-15(20)17(3)10-6-13(2)19/h13-14,19H,4-12H2,1-3H3,(H,16,20). The summed E-state index contributed by atoms with van der Waals surface area (Å²) in [4.78, 5) is 16.1. The van der Waals surface area contributed by atoms with E-state index in [9.17, 15) is 9.90 Å². The minimum atomic E-state index is -0.355.